The van der Waals surface area contributed by atoms with Crippen LogP contribution in [0.2, 0.25) is 0 Å². The Morgan fingerprint density at radius 3 is 2.54 bits per heavy atom. The quantitative estimate of drug-likeness (QED) is 0.737. The maximum absolute atomic E-state index is 11.8. The van der Waals surface area contributed by atoms with E-state index in [1.807, 2.05) is 31.2 Å². The molecule has 2 amide bonds. The van der Waals surface area contributed by atoms with Crippen molar-refractivity contribution in [3.8, 4) is 0 Å². The number of hydrogen-bond acceptors (Lipinski definition) is 3. The summed E-state index contributed by atoms with van der Waals surface area (Å²) in [7, 11) is 0. The number of urea groups is 1. The van der Waals surface area contributed by atoms with Crippen LogP contribution in [0.3, 0.4) is 0 Å². The number of carbonyl (C=O) groups excluding carboxylic acids is 1. The fourth-order valence-electron chi connectivity index (χ4n) is 3.51. The highest BCUT2D eigenvalue weighted by Crippen LogP contribution is 2.30. The van der Waals surface area contributed by atoms with Crippen LogP contribution in [0.4, 0.5) is 21.9 Å². The van der Waals surface area contributed by atoms with Gasteiger partial charge in [0, 0.05) is 41.2 Å². The standard InChI is InChI=1S/C21H22N4O/c1-13-10-14(2)20-18(11-13)19(12-15(3)23-20)24-16-4-6-17(7-5-16)25-9-8-22-21(25)26/h4-7,10-12H,8-9H2,1-3H3,(H,22,26)(H,23,24). The molecule has 0 radical (unpaired) electrons. The average Bonchev–Trinajstić information content (AvgIpc) is 3.03. The topological polar surface area (TPSA) is 57.3 Å². The van der Waals surface area contributed by atoms with Gasteiger partial charge in [-0.15, -0.1) is 0 Å². The van der Waals surface area contributed by atoms with Crippen molar-refractivity contribution in [2.75, 3.05) is 23.3 Å². The van der Waals surface area contributed by atoms with Crippen molar-refractivity contribution in [3.63, 3.8) is 0 Å². The first kappa shape index (κ1) is 16.4. The smallest absolute Gasteiger partial charge is 0.321 e. The molecule has 0 bridgehead atoms. The van der Waals surface area contributed by atoms with Gasteiger partial charge in [0.05, 0.1) is 5.52 Å². The summed E-state index contributed by atoms with van der Waals surface area (Å²) < 4.78 is 0. The van der Waals surface area contributed by atoms with E-state index < -0.39 is 0 Å². The zero-order valence-electron chi connectivity index (χ0n) is 15.3. The van der Waals surface area contributed by atoms with Crippen molar-refractivity contribution in [2.45, 2.75) is 20.8 Å². The third-order valence-electron chi connectivity index (χ3n) is 4.69. The summed E-state index contributed by atoms with van der Waals surface area (Å²) in [5, 5.41) is 7.46. The van der Waals surface area contributed by atoms with E-state index in [0.717, 1.165) is 33.7 Å². The van der Waals surface area contributed by atoms with Gasteiger partial charge in [-0.2, -0.15) is 0 Å². The molecular weight excluding hydrogens is 324 g/mol. The first-order valence-electron chi connectivity index (χ1n) is 8.82. The molecule has 1 aliphatic rings. The second-order valence-electron chi connectivity index (χ2n) is 6.84. The predicted octanol–water partition coefficient (Wildman–Crippen LogP) is 4.43. The van der Waals surface area contributed by atoms with Gasteiger partial charge in [-0.25, -0.2) is 4.79 Å². The predicted molar refractivity (Wildman–Crippen MR) is 106 cm³/mol. The van der Waals surface area contributed by atoms with Gasteiger partial charge in [-0.3, -0.25) is 9.88 Å². The lowest BCUT2D eigenvalue weighted by atomic mass is 10.0. The summed E-state index contributed by atoms with van der Waals surface area (Å²) in [6.07, 6.45) is 0. The fourth-order valence-corrected chi connectivity index (χ4v) is 3.51. The molecule has 26 heavy (non-hydrogen) atoms. The lowest BCUT2D eigenvalue weighted by Gasteiger charge is -2.16. The molecule has 0 aliphatic carbocycles. The number of carbonyl (C=O) groups is 1. The molecule has 0 saturated carbocycles. The van der Waals surface area contributed by atoms with E-state index in [1.54, 1.807) is 4.90 Å². The summed E-state index contributed by atoms with van der Waals surface area (Å²) in [4.78, 5) is 18.2. The molecule has 1 aromatic heterocycles. The molecule has 2 N–H and O–H groups in total. The van der Waals surface area contributed by atoms with E-state index >= 15 is 0 Å². The van der Waals surface area contributed by atoms with Crippen LogP contribution in [0, 0.1) is 20.8 Å². The Labute approximate surface area is 153 Å². The summed E-state index contributed by atoms with van der Waals surface area (Å²) in [5.41, 5.74) is 7.36. The van der Waals surface area contributed by atoms with E-state index in [9.17, 15) is 4.79 Å². The maximum Gasteiger partial charge on any atom is 0.321 e. The molecule has 1 aliphatic heterocycles. The molecule has 1 fully saturated rings. The number of fused-ring (bicyclic) bond motifs is 1. The SMILES string of the molecule is Cc1cc(C)c2nc(C)cc(Nc3ccc(N4CCNC4=O)cc3)c2c1. The molecule has 0 spiro atoms. The number of hydrogen-bond donors (Lipinski definition) is 2. The lowest BCUT2D eigenvalue weighted by Crippen LogP contribution is -2.27. The van der Waals surface area contributed by atoms with Crippen LogP contribution in [0.15, 0.2) is 42.5 Å². The van der Waals surface area contributed by atoms with Gasteiger partial charge < -0.3 is 10.6 Å². The van der Waals surface area contributed by atoms with Crippen molar-refractivity contribution in [2.24, 2.45) is 0 Å². The molecular formula is C21H22N4O. The van der Waals surface area contributed by atoms with Crippen LogP contribution >= 0.6 is 0 Å². The number of anilines is 3. The lowest BCUT2D eigenvalue weighted by molar-refractivity contribution is 0.252. The molecule has 0 unspecified atom stereocenters. The Kier molecular flexibility index (Phi) is 3.99. The average molecular weight is 346 g/mol. The zero-order valence-corrected chi connectivity index (χ0v) is 15.3. The van der Waals surface area contributed by atoms with Gasteiger partial charge in [0.2, 0.25) is 0 Å². The number of pyridine rings is 1. The molecule has 5 heteroatoms. The highest BCUT2D eigenvalue weighted by atomic mass is 16.2. The Morgan fingerprint density at radius 1 is 1.08 bits per heavy atom. The minimum atomic E-state index is -0.0348. The van der Waals surface area contributed by atoms with Crippen LogP contribution in [0.1, 0.15) is 16.8 Å². The van der Waals surface area contributed by atoms with Crippen molar-refractivity contribution in [3.05, 3.63) is 59.3 Å². The number of benzene rings is 2. The van der Waals surface area contributed by atoms with Gasteiger partial charge >= 0.3 is 6.03 Å². The zero-order chi connectivity index (χ0) is 18.3. The molecule has 1 saturated heterocycles. The molecule has 0 atom stereocenters. The van der Waals surface area contributed by atoms with Gasteiger partial charge in [-0.05, 0) is 62.7 Å². The molecule has 3 aromatic rings. The Morgan fingerprint density at radius 2 is 1.85 bits per heavy atom. The van der Waals surface area contributed by atoms with Crippen molar-refractivity contribution < 1.29 is 4.79 Å². The minimum absolute atomic E-state index is 0.0348. The Bertz CT molecular complexity index is 995. The number of aryl methyl sites for hydroxylation is 3. The monoisotopic (exact) mass is 346 g/mol. The molecule has 2 aromatic carbocycles. The molecule has 4 rings (SSSR count). The summed E-state index contributed by atoms with van der Waals surface area (Å²) in [6, 6.07) is 14.3. The number of amides is 2. The van der Waals surface area contributed by atoms with E-state index in [1.165, 1.54) is 11.1 Å². The van der Waals surface area contributed by atoms with E-state index in [4.69, 9.17) is 4.98 Å². The largest absolute Gasteiger partial charge is 0.355 e. The first-order valence-corrected chi connectivity index (χ1v) is 8.82. The van der Waals surface area contributed by atoms with Crippen molar-refractivity contribution >= 4 is 34.0 Å². The Hall–Kier alpha value is -3.08. The van der Waals surface area contributed by atoms with E-state index in [0.29, 0.717) is 13.1 Å². The number of rotatable bonds is 3. The summed E-state index contributed by atoms with van der Waals surface area (Å²) in [6.45, 7) is 7.62. The summed E-state index contributed by atoms with van der Waals surface area (Å²) >= 11 is 0. The van der Waals surface area contributed by atoms with Crippen LogP contribution in [0.5, 0.6) is 0 Å². The van der Waals surface area contributed by atoms with E-state index in [-0.39, 0.29) is 6.03 Å². The minimum Gasteiger partial charge on any atom is -0.355 e. The van der Waals surface area contributed by atoms with Crippen LogP contribution in [0.25, 0.3) is 10.9 Å². The van der Waals surface area contributed by atoms with Gasteiger partial charge in [0.15, 0.2) is 0 Å². The van der Waals surface area contributed by atoms with Crippen LogP contribution < -0.4 is 15.5 Å². The fraction of sp³-hybridized carbons (Fsp3) is 0.238. The van der Waals surface area contributed by atoms with Crippen molar-refractivity contribution in [1.82, 2.24) is 10.3 Å². The third kappa shape index (κ3) is 2.96. The second-order valence-corrected chi connectivity index (χ2v) is 6.84. The van der Waals surface area contributed by atoms with Crippen LogP contribution in [-0.4, -0.2) is 24.1 Å². The number of nitrogens with zero attached hydrogens (tertiary/aromatic N) is 2. The Balaban J connectivity index is 1.68. The first-order chi connectivity index (χ1) is 12.5. The number of aromatic nitrogens is 1. The highest BCUT2D eigenvalue weighted by molar-refractivity contribution is 5.96. The number of nitrogens with one attached hydrogen (secondary N) is 2. The van der Waals surface area contributed by atoms with Gasteiger partial charge in [-0.1, -0.05) is 11.6 Å². The maximum atomic E-state index is 11.8. The van der Waals surface area contributed by atoms with Gasteiger partial charge in [0.1, 0.15) is 0 Å². The molecule has 5 nitrogen and oxygen atoms in total. The van der Waals surface area contributed by atoms with Gasteiger partial charge in [0.25, 0.3) is 0 Å². The second kappa shape index (κ2) is 6.33. The van der Waals surface area contributed by atoms with Crippen LogP contribution in [-0.2, 0) is 0 Å². The van der Waals surface area contributed by atoms with Crippen molar-refractivity contribution in [1.29, 1.82) is 0 Å². The molecule has 132 valence electrons. The highest BCUT2D eigenvalue weighted by Gasteiger charge is 2.20. The third-order valence-corrected chi connectivity index (χ3v) is 4.69. The van der Waals surface area contributed by atoms with E-state index in [2.05, 4.69) is 42.7 Å². The molecule has 2 heterocycles. The normalized spacial score (nSPS) is 14.0. The summed E-state index contributed by atoms with van der Waals surface area (Å²) in [5.74, 6) is 0.